The number of aliphatic imine (C=N–C) groups is 1. The first-order valence-electron chi connectivity index (χ1n) is 9.28. The topological polar surface area (TPSA) is 24.4 Å². The van der Waals surface area contributed by atoms with Crippen LogP contribution in [0, 0.1) is 19.3 Å². The highest BCUT2D eigenvalue weighted by atomic mass is 14.9. The van der Waals surface area contributed by atoms with Crippen LogP contribution in [0.15, 0.2) is 58.3 Å². The van der Waals surface area contributed by atoms with Crippen molar-refractivity contribution < 1.29 is 0 Å². The van der Waals surface area contributed by atoms with Gasteiger partial charge in [-0.3, -0.25) is 4.99 Å². The third-order valence-corrected chi connectivity index (χ3v) is 4.33. The largest absolute Gasteiger partial charge is 0.358 e. The second kappa shape index (κ2) is 11.2. The number of terminal acetylenes is 1. The van der Waals surface area contributed by atoms with E-state index in [1.807, 2.05) is 33.1 Å². The predicted octanol–water partition coefficient (Wildman–Crippen LogP) is 6.45. The second-order valence-corrected chi connectivity index (χ2v) is 6.73. The summed E-state index contributed by atoms with van der Waals surface area (Å²) in [4.78, 5) is 4.55. The first kappa shape index (κ1) is 21.5. The Hall–Kier alpha value is -2.53. The van der Waals surface area contributed by atoms with Gasteiger partial charge in [-0.1, -0.05) is 43.9 Å². The Morgan fingerprint density at radius 1 is 1.27 bits per heavy atom. The molecular weight excluding hydrogens is 316 g/mol. The molecule has 0 atom stereocenters. The molecular formula is C24H32N2. The maximum Gasteiger partial charge on any atom is 0.0435 e. The van der Waals surface area contributed by atoms with Crippen LogP contribution in [0.2, 0.25) is 0 Å². The minimum absolute atomic E-state index is 0.834. The molecule has 0 spiro atoms. The molecule has 0 radical (unpaired) electrons. The number of unbranched alkanes of at least 4 members (excludes halogenated alkanes) is 2. The number of anilines is 1. The molecule has 0 unspecified atom stereocenters. The quantitative estimate of drug-likeness (QED) is 0.236. The number of benzene rings is 1. The molecule has 2 heteroatoms. The Bertz CT molecular complexity index is 755. The summed E-state index contributed by atoms with van der Waals surface area (Å²) in [5.74, 6) is 2.76. The number of hydrogen-bond acceptors (Lipinski definition) is 2. The minimum atomic E-state index is 0.834. The lowest BCUT2D eigenvalue weighted by Crippen LogP contribution is -2.00. The fourth-order valence-electron chi connectivity index (χ4n) is 2.36. The number of allylic oxidation sites excluding steroid dienone is 5. The molecule has 0 saturated carbocycles. The van der Waals surface area contributed by atoms with Crippen LogP contribution >= 0.6 is 0 Å². The standard InChI is InChI=1S/C24H32N2/c1-8-10-11-14-25-17-23-16-24(13-12-19(23)5)26-21(7)22(9-2)15-20(6)18(3)4/h2,12-13,15-17,26H,3,8,10-11,14H2,1,4-7H3/b20-15-,22-21+,25-17-. The molecule has 1 aromatic rings. The number of hydrogen-bond donors (Lipinski definition) is 1. The predicted molar refractivity (Wildman–Crippen MR) is 117 cm³/mol. The average Bonchev–Trinajstić information content (AvgIpc) is 2.61. The van der Waals surface area contributed by atoms with E-state index in [0.29, 0.717) is 0 Å². The molecule has 0 aliphatic rings. The molecule has 138 valence electrons. The molecule has 26 heavy (non-hydrogen) atoms. The van der Waals surface area contributed by atoms with Gasteiger partial charge < -0.3 is 5.32 Å². The van der Waals surface area contributed by atoms with Crippen molar-refractivity contribution in [3.05, 3.63) is 64.4 Å². The summed E-state index contributed by atoms with van der Waals surface area (Å²) in [6, 6.07) is 6.29. The SMILES string of the molecule is C#CC(/C=C(/C)C(=C)C)=C(/C)Nc1ccc(C)c(/C=N\CCCCC)c1. The van der Waals surface area contributed by atoms with Crippen LogP contribution in [-0.2, 0) is 0 Å². The van der Waals surface area contributed by atoms with E-state index in [1.54, 1.807) is 0 Å². The lowest BCUT2D eigenvalue weighted by molar-refractivity contribution is 0.729. The number of nitrogens with one attached hydrogen (secondary N) is 1. The van der Waals surface area contributed by atoms with E-state index in [0.717, 1.165) is 46.6 Å². The van der Waals surface area contributed by atoms with E-state index < -0.39 is 0 Å². The van der Waals surface area contributed by atoms with Crippen molar-refractivity contribution in [1.82, 2.24) is 0 Å². The summed E-state index contributed by atoms with van der Waals surface area (Å²) in [5.41, 5.74) is 7.24. The van der Waals surface area contributed by atoms with Gasteiger partial charge in [-0.05, 0) is 69.0 Å². The first-order chi connectivity index (χ1) is 12.4. The molecule has 0 fully saturated rings. The van der Waals surface area contributed by atoms with Crippen molar-refractivity contribution in [3.63, 3.8) is 0 Å². The summed E-state index contributed by atoms with van der Waals surface area (Å²) in [6.45, 7) is 15.1. The van der Waals surface area contributed by atoms with E-state index in [-0.39, 0.29) is 0 Å². The van der Waals surface area contributed by atoms with Crippen molar-refractivity contribution in [2.45, 2.75) is 53.9 Å². The van der Waals surface area contributed by atoms with Crippen LogP contribution in [0.1, 0.15) is 58.1 Å². The highest BCUT2D eigenvalue weighted by Gasteiger charge is 2.02. The summed E-state index contributed by atoms with van der Waals surface area (Å²) >= 11 is 0. The van der Waals surface area contributed by atoms with Crippen LogP contribution in [0.5, 0.6) is 0 Å². The van der Waals surface area contributed by atoms with Crippen LogP contribution in [-0.4, -0.2) is 12.8 Å². The maximum atomic E-state index is 5.69. The first-order valence-corrected chi connectivity index (χ1v) is 9.28. The van der Waals surface area contributed by atoms with Gasteiger partial charge in [-0.2, -0.15) is 0 Å². The molecule has 0 aliphatic heterocycles. The molecule has 0 amide bonds. The summed E-state index contributed by atoms with van der Waals surface area (Å²) < 4.78 is 0. The molecule has 0 aliphatic carbocycles. The number of nitrogens with zero attached hydrogens (tertiary/aromatic N) is 1. The van der Waals surface area contributed by atoms with Crippen LogP contribution < -0.4 is 5.32 Å². The summed E-state index contributed by atoms with van der Waals surface area (Å²) in [5, 5.41) is 3.42. The third kappa shape index (κ3) is 7.15. The molecule has 1 N–H and O–H groups in total. The van der Waals surface area contributed by atoms with Crippen molar-refractivity contribution in [2.75, 3.05) is 11.9 Å². The Labute approximate surface area is 159 Å². The van der Waals surface area contributed by atoms with E-state index in [4.69, 9.17) is 6.42 Å². The highest BCUT2D eigenvalue weighted by Crippen LogP contribution is 2.18. The Morgan fingerprint density at radius 3 is 2.62 bits per heavy atom. The van der Waals surface area contributed by atoms with Crippen LogP contribution in [0.3, 0.4) is 0 Å². The minimum Gasteiger partial charge on any atom is -0.358 e. The zero-order valence-corrected chi connectivity index (χ0v) is 16.9. The molecule has 0 aromatic heterocycles. The second-order valence-electron chi connectivity index (χ2n) is 6.73. The Morgan fingerprint density at radius 2 is 2.00 bits per heavy atom. The lowest BCUT2D eigenvalue weighted by atomic mass is 10.1. The fraction of sp³-hybridized carbons (Fsp3) is 0.375. The maximum absolute atomic E-state index is 5.69. The van der Waals surface area contributed by atoms with E-state index >= 15 is 0 Å². The normalized spacial score (nSPS) is 12.7. The molecule has 2 nitrogen and oxygen atoms in total. The van der Waals surface area contributed by atoms with E-state index in [2.05, 4.69) is 54.9 Å². The van der Waals surface area contributed by atoms with Crippen LogP contribution in [0.25, 0.3) is 0 Å². The van der Waals surface area contributed by atoms with E-state index in [9.17, 15) is 0 Å². The van der Waals surface area contributed by atoms with Gasteiger partial charge in [0.05, 0.1) is 0 Å². The van der Waals surface area contributed by atoms with E-state index in [1.165, 1.54) is 18.4 Å². The molecule has 1 aromatic carbocycles. The van der Waals surface area contributed by atoms with Gasteiger partial charge in [0.1, 0.15) is 0 Å². The van der Waals surface area contributed by atoms with Gasteiger partial charge >= 0.3 is 0 Å². The third-order valence-electron chi connectivity index (χ3n) is 4.33. The monoisotopic (exact) mass is 348 g/mol. The fourth-order valence-corrected chi connectivity index (χ4v) is 2.36. The van der Waals surface area contributed by atoms with Gasteiger partial charge in [0.25, 0.3) is 0 Å². The molecule has 0 bridgehead atoms. The van der Waals surface area contributed by atoms with Crippen molar-refractivity contribution in [3.8, 4) is 12.3 Å². The van der Waals surface area contributed by atoms with Crippen molar-refractivity contribution in [1.29, 1.82) is 0 Å². The van der Waals surface area contributed by atoms with Crippen molar-refractivity contribution >= 4 is 11.9 Å². The average molecular weight is 349 g/mol. The van der Waals surface area contributed by atoms with Gasteiger partial charge in [0.2, 0.25) is 0 Å². The number of rotatable bonds is 9. The van der Waals surface area contributed by atoms with Gasteiger partial charge in [0.15, 0.2) is 0 Å². The molecule has 1 rings (SSSR count). The molecule has 0 saturated heterocycles. The van der Waals surface area contributed by atoms with Crippen molar-refractivity contribution in [2.24, 2.45) is 4.99 Å². The lowest BCUT2D eigenvalue weighted by Gasteiger charge is -2.11. The number of aryl methyl sites for hydroxylation is 1. The van der Waals surface area contributed by atoms with Crippen LogP contribution in [0.4, 0.5) is 5.69 Å². The molecule has 0 heterocycles. The van der Waals surface area contributed by atoms with Gasteiger partial charge in [-0.15, -0.1) is 6.42 Å². The Balaban J connectivity index is 2.97. The summed E-state index contributed by atoms with van der Waals surface area (Å²) in [6.07, 6.45) is 13.3. The smallest absolute Gasteiger partial charge is 0.0435 e. The van der Waals surface area contributed by atoms with Gasteiger partial charge in [-0.25, -0.2) is 0 Å². The zero-order valence-electron chi connectivity index (χ0n) is 16.9. The van der Waals surface area contributed by atoms with Gasteiger partial charge in [0, 0.05) is 29.7 Å². The zero-order chi connectivity index (χ0) is 19.5. The summed E-state index contributed by atoms with van der Waals surface area (Å²) in [7, 11) is 0. The highest BCUT2D eigenvalue weighted by molar-refractivity contribution is 5.83. The Kier molecular flexibility index (Phi) is 9.23.